The Balaban J connectivity index is 1.35. The molecule has 3 aromatic rings. The van der Waals surface area contributed by atoms with Gasteiger partial charge in [-0.2, -0.15) is 0 Å². The average molecular weight is 466 g/mol. The number of benzene rings is 1. The molecule has 1 saturated carbocycles. The van der Waals surface area contributed by atoms with Gasteiger partial charge in [0.1, 0.15) is 5.65 Å². The van der Waals surface area contributed by atoms with Crippen molar-refractivity contribution in [3.63, 3.8) is 0 Å². The van der Waals surface area contributed by atoms with Gasteiger partial charge in [0.15, 0.2) is 0 Å². The molecule has 0 spiro atoms. The fraction of sp³-hybridized carbons (Fsp3) is 0.423. The van der Waals surface area contributed by atoms with Gasteiger partial charge in [0, 0.05) is 41.8 Å². The quantitative estimate of drug-likeness (QED) is 0.581. The van der Waals surface area contributed by atoms with E-state index in [0.29, 0.717) is 43.9 Å². The summed E-state index contributed by atoms with van der Waals surface area (Å²) < 4.78 is 2.24. The van der Waals surface area contributed by atoms with Gasteiger partial charge in [0.05, 0.1) is 12.5 Å². The molecule has 1 aromatic carbocycles. The maximum absolute atomic E-state index is 13.2. The molecule has 1 N–H and O–H groups in total. The van der Waals surface area contributed by atoms with Gasteiger partial charge in [0.2, 0.25) is 5.91 Å². The number of nitrogens with zero attached hydrogens (tertiary/aromatic N) is 3. The first-order valence-electron chi connectivity index (χ1n) is 11.7. The molecular formula is C26H28ClN3O3. The van der Waals surface area contributed by atoms with Gasteiger partial charge >= 0.3 is 5.97 Å². The topological polar surface area (TPSA) is 75.4 Å². The maximum atomic E-state index is 13.2. The highest BCUT2D eigenvalue weighted by Gasteiger charge is 2.31. The van der Waals surface area contributed by atoms with E-state index >= 15 is 0 Å². The zero-order valence-electron chi connectivity index (χ0n) is 18.5. The van der Waals surface area contributed by atoms with E-state index in [-0.39, 0.29) is 17.7 Å². The molecule has 1 fully saturated rings. The minimum Gasteiger partial charge on any atom is -0.481 e. The first-order valence-corrected chi connectivity index (χ1v) is 12.1. The largest absolute Gasteiger partial charge is 0.481 e. The minimum absolute atomic E-state index is 0.177. The number of rotatable bonds is 5. The van der Waals surface area contributed by atoms with E-state index in [0.717, 1.165) is 36.2 Å². The summed E-state index contributed by atoms with van der Waals surface area (Å²) in [6.07, 6.45) is 6.16. The highest BCUT2D eigenvalue weighted by atomic mass is 35.5. The fourth-order valence-electron chi connectivity index (χ4n) is 5.41. The zero-order valence-corrected chi connectivity index (χ0v) is 19.3. The van der Waals surface area contributed by atoms with Crippen molar-refractivity contribution >= 4 is 34.5 Å². The number of hydrogen-bond donors (Lipinski definition) is 1. The lowest BCUT2D eigenvalue weighted by Crippen LogP contribution is -2.38. The standard InChI is InChI=1S/C26H28ClN3O3/c27-20-9-5-18(6-10-20)15-30-23-16-29(13-11-21(23)22-2-1-12-28-25(22)30)24(31)14-17-3-7-19(8-4-17)26(32)33/h1-2,5-6,9-10,12,17,19H,3-4,7-8,11,13-16H2,(H,32,33)/t17-,19-. The maximum Gasteiger partial charge on any atom is 0.306 e. The average Bonchev–Trinajstić information content (AvgIpc) is 3.14. The number of carboxylic acid groups (broad SMARTS) is 1. The Labute approximate surface area is 198 Å². The molecule has 3 heterocycles. The molecule has 0 radical (unpaired) electrons. The van der Waals surface area contributed by atoms with Crippen LogP contribution in [0.5, 0.6) is 0 Å². The summed E-state index contributed by atoms with van der Waals surface area (Å²) in [5, 5.41) is 11.1. The Morgan fingerprint density at radius 1 is 1.09 bits per heavy atom. The van der Waals surface area contributed by atoms with Crippen LogP contribution in [0.3, 0.4) is 0 Å². The predicted molar refractivity (Wildman–Crippen MR) is 127 cm³/mol. The van der Waals surface area contributed by atoms with E-state index in [1.807, 2.05) is 41.4 Å². The van der Waals surface area contributed by atoms with E-state index in [2.05, 4.69) is 15.6 Å². The van der Waals surface area contributed by atoms with Crippen LogP contribution < -0.4 is 0 Å². The molecule has 0 atom stereocenters. The molecule has 1 amide bonds. The molecule has 0 saturated heterocycles. The Kier molecular flexibility index (Phi) is 6.11. The molecule has 1 aliphatic heterocycles. The van der Waals surface area contributed by atoms with Crippen LogP contribution >= 0.6 is 11.6 Å². The van der Waals surface area contributed by atoms with Crippen LogP contribution in [0.2, 0.25) is 5.02 Å². The van der Waals surface area contributed by atoms with Crippen molar-refractivity contribution in [2.24, 2.45) is 11.8 Å². The van der Waals surface area contributed by atoms with Crippen LogP contribution in [-0.4, -0.2) is 38.0 Å². The van der Waals surface area contributed by atoms with Crippen molar-refractivity contribution in [1.29, 1.82) is 0 Å². The highest BCUT2D eigenvalue weighted by Crippen LogP contribution is 2.34. The molecule has 2 aromatic heterocycles. The van der Waals surface area contributed by atoms with Gasteiger partial charge in [0.25, 0.3) is 0 Å². The van der Waals surface area contributed by atoms with Crippen molar-refractivity contribution < 1.29 is 14.7 Å². The molecule has 33 heavy (non-hydrogen) atoms. The molecule has 0 unspecified atom stereocenters. The van der Waals surface area contributed by atoms with Crippen LogP contribution in [0.1, 0.15) is 48.9 Å². The Hall–Kier alpha value is -2.86. The van der Waals surface area contributed by atoms with E-state index in [4.69, 9.17) is 11.6 Å². The smallest absolute Gasteiger partial charge is 0.306 e. The molecule has 6 nitrogen and oxygen atoms in total. The van der Waals surface area contributed by atoms with Crippen LogP contribution in [0.4, 0.5) is 0 Å². The van der Waals surface area contributed by atoms with Crippen molar-refractivity contribution in [2.45, 2.75) is 51.6 Å². The summed E-state index contributed by atoms with van der Waals surface area (Å²) >= 11 is 6.07. The number of aliphatic carboxylic acids is 1. The lowest BCUT2D eigenvalue weighted by molar-refractivity contribution is -0.143. The first-order chi connectivity index (χ1) is 16.0. The third kappa shape index (κ3) is 4.49. The van der Waals surface area contributed by atoms with E-state index in [1.165, 1.54) is 10.9 Å². The van der Waals surface area contributed by atoms with E-state index in [9.17, 15) is 14.7 Å². The zero-order chi connectivity index (χ0) is 22.9. The predicted octanol–water partition coefficient (Wildman–Crippen LogP) is 4.90. The number of carbonyl (C=O) groups is 2. The van der Waals surface area contributed by atoms with Gasteiger partial charge in [-0.05, 0) is 73.4 Å². The van der Waals surface area contributed by atoms with Crippen molar-refractivity contribution in [3.05, 3.63) is 64.4 Å². The van der Waals surface area contributed by atoms with Crippen molar-refractivity contribution in [2.75, 3.05) is 6.54 Å². The number of aromatic nitrogens is 2. The second-order valence-corrected chi connectivity index (χ2v) is 9.77. The molecule has 7 heteroatoms. The van der Waals surface area contributed by atoms with Crippen molar-refractivity contribution in [1.82, 2.24) is 14.5 Å². The third-order valence-electron chi connectivity index (χ3n) is 7.28. The van der Waals surface area contributed by atoms with Crippen LogP contribution in [0.25, 0.3) is 11.0 Å². The minimum atomic E-state index is -0.703. The van der Waals surface area contributed by atoms with Gasteiger partial charge < -0.3 is 14.6 Å². The number of carboxylic acids is 1. The van der Waals surface area contributed by atoms with Crippen LogP contribution in [0.15, 0.2) is 42.6 Å². The summed E-state index contributed by atoms with van der Waals surface area (Å²) in [6.45, 7) is 1.98. The summed E-state index contributed by atoms with van der Waals surface area (Å²) in [5.74, 6) is -0.484. The summed E-state index contributed by atoms with van der Waals surface area (Å²) in [6, 6.07) is 12.0. The Morgan fingerprint density at radius 3 is 2.58 bits per heavy atom. The molecule has 2 aliphatic rings. The Bertz CT molecular complexity index is 1180. The van der Waals surface area contributed by atoms with Crippen molar-refractivity contribution in [3.8, 4) is 0 Å². The highest BCUT2D eigenvalue weighted by molar-refractivity contribution is 6.30. The summed E-state index contributed by atoms with van der Waals surface area (Å²) in [5.41, 5.74) is 4.55. The normalized spacial score (nSPS) is 20.6. The second kappa shape index (κ2) is 9.18. The Morgan fingerprint density at radius 2 is 1.85 bits per heavy atom. The molecule has 0 bridgehead atoms. The molecule has 172 valence electrons. The van der Waals surface area contributed by atoms with Crippen LogP contribution in [-0.2, 0) is 29.1 Å². The number of pyridine rings is 1. The summed E-state index contributed by atoms with van der Waals surface area (Å²) in [7, 11) is 0. The first kappa shape index (κ1) is 22.0. The lowest BCUT2D eigenvalue weighted by Gasteiger charge is -2.31. The molecular weight excluding hydrogens is 438 g/mol. The van der Waals surface area contributed by atoms with Gasteiger partial charge in [-0.3, -0.25) is 9.59 Å². The lowest BCUT2D eigenvalue weighted by atomic mass is 9.80. The second-order valence-electron chi connectivity index (χ2n) is 9.34. The van der Waals surface area contributed by atoms with Gasteiger partial charge in [-0.25, -0.2) is 4.98 Å². The summed E-state index contributed by atoms with van der Waals surface area (Å²) in [4.78, 5) is 31.0. The van der Waals surface area contributed by atoms with E-state index < -0.39 is 5.97 Å². The van der Waals surface area contributed by atoms with Crippen LogP contribution in [0, 0.1) is 11.8 Å². The fourth-order valence-corrected chi connectivity index (χ4v) is 5.53. The van der Waals surface area contributed by atoms with E-state index in [1.54, 1.807) is 0 Å². The SMILES string of the molecule is O=C(C[C@H]1CC[C@H](C(=O)O)CC1)N1CCc2c(n(Cc3ccc(Cl)cc3)c3ncccc23)C1. The number of halogens is 1. The molecule has 5 rings (SSSR count). The molecule has 1 aliphatic carbocycles. The van der Waals surface area contributed by atoms with Gasteiger partial charge in [-0.1, -0.05) is 23.7 Å². The van der Waals surface area contributed by atoms with Gasteiger partial charge in [-0.15, -0.1) is 0 Å². The third-order valence-corrected chi connectivity index (χ3v) is 7.53. The number of amides is 1. The number of carbonyl (C=O) groups excluding carboxylic acids is 1. The number of hydrogen-bond acceptors (Lipinski definition) is 3. The monoisotopic (exact) mass is 465 g/mol. The number of fused-ring (bicyclic) bond motifs is 3.